The first-order valence-electron chi connectivity index (χ1n) is 7.50. The molecule has 118 valence electrons. The Labute approximate surface area is 133 Å². The Morgan fingerprint density at radius 3 is 2.91 bits per heavy atom. The summed E-state index contributed by atoms with van der Waals surface area (Å²) in [4.78, 5) is 8.78. The Morgan fingerprint density at radius 1 is 1.17 bits per heavy atom. The standard InChI is InChI=1S/C16H15N3O3S/c20-23(21)9-3-5-12(10-23)16-18-15(19-22-16)14-13-6-2-1-4-11(13)7-8-17-14/h1-2,4,6-8,12H,3,5,9-10H2. The third-order valence-corrected chi connectivity index (χ3v) is 5.96. The molecule has 6 nitrogen and oxygen atoms in total. The molecule has 0 radical (unpaired) electrons. The Balaban J connectivity index is 1.73. The van der Waals surface area contributed by atoms with Crippen molar-refractivity contribution in [2.75, 3.05) is 11.5 Å². The molecule has 1 fully saturated rings. The molecule has 0 amide bonds. The van der Waals surface area contributed by atoms with Gasteiger partial charge in [-0.1, -0.05) is 29.4 Å². The summed E-state index contributed by atoms with van der Waals surface area (Å²) in [6.45, 7) is 0. The maximum atomic E-state index is 11.8. The quantitative estimate of drug-likeness (QED) is 0.718. The molecule has 0 saturated carbocycles. The van der Waals surface area contributed by atoms with E-state index in [4.69, 9.17) is 4.52 Å². The number of hydrogen-bond donors (Lipinski definition) is 0. The van der Waals surface area contributed by atoms with Gasteiger partial charge < -0.3 is 4.52 Å². The molecule has 23 heavy (non-hydrogen) atoms. The number of fused-ring (bicyclic) bond motifs is 1. The van der Waals surface area contributed by atoms with Crippen LogP contribution in [0, 0.1) is 0 Å². The van der Waals surface area contributed by atoms with E-state index in [0.717, 1.165) is 17.2 Å². The molecule has 1 aliphatic rings. The van der Waals surface area contributed by atoms with E-state index in [0.29, 0.717) is 23.8 Å². The Hall–Kier alpha value is -2.28. The molecule has 3 aromatic rings. The normalized spacial score (nSPS) is 20.6. The lowest BCUT2D eigenvalue weighted by Gasteiger charge is -2.17. The van der Waals surface area contributed by atoms with Crippen molar-refractivity contribution in [2.45, 2.75) is 18.8 Å². The largest absolute Gasteiger partial charge is 0.339 e. The number of rotatable bonds is 2. The minimum Gasteiger partial charge on any atom is -0.339 e. The molecule has 1 aromatic carbocycles. The van der Waals surface area contributed by atoms with Gasteiger partial charge in [-0.2, -0.15) is 4.98 Å². The van der Waals surface area contributed by atoms with Crippen LogP contribution in [0.15, 0.2) is 41.1 Å². The third kappa shape index (κ3) is 2.72. The zero-order chi connectivity index (χ0) is 15.9. The van der Waals surface area contributed by atoms with E-state index in [1.165, 1.54) is 0 Å². The van der Waals surface area contributed by atoms with Crippen LogP contribution in [0.25, 0.3) is 22.3 Å². The lowest BCUT2D eigenvalue weighted by Crippen LogP contribution is -2.23. The zero-order valence-electron chi connectivity index (χ0n) is 12.3. The van der Waals surface area contributed by atoms with Gasteiger partial charge in [-0.25, -0.2) is 8.42 Å². The SMILES string of the molecule is O=S1(=O)CCCC(c2nc(-c3nccc4ccccc34)no2)C1. The van der Waals surface area contributed by atoms with Gasteiger partial charge in [0.05, 0.1) is 17.4 Å². The minimum absolute atomic E-state index is 0.0810. The van der Waals surface area contributed by atoms with E-state index in [2.05, 4.69) is 15.1 Å². The van der Waals surface area contributed by atoms with Gasteiger partial charge in [0.2, 0.25) is 11.7 Å². The summed E-state index contributed by atoms with van der Waals surface area (Å²) in [6.07, 6.45) is 3.10. The Kier molecular flexibility index (Phi) is 3.37. The number of hydrogen-bond acceptors (Lipinski definition) is 6. The summed E-state index contributed by atoms with van der Waals surface area (Å²) in [5.41, 5.74) is 0.650. The van der Waals surface area contributed by atoms with Crippen LogP contribution in [0.5, 0.6) is 0 Å². The first-order chi connectivity index (χ1) is 11.1. The lowest BCUT2D eigenvalue weighted by atomic mass is 10.1. The number of pyridine rings is 1. The predicted octanol–water partition coefficient (Wildman–Crippen LogP) is 2.58. The number of nitrogens with zero attached hydrogens (tertiary/aromatic N) is 3. The lowest BCUT2D eigenvalue weighted by molar-refractivity contribution is 0.350. The molecule has 0 N–H and O–H groups in total. The molecule has 0 aliphatic carbocycles. The molecular formula is C16H15N3O3S. The van der Waals surface area contributed by atoms with Crippen LogP contribution < -0.4 is 0 Å². The molecular weight excluding hydrogens is 314 g/mol. The molecule has 4 rings (SSSR count). The van der Waals surface area contributed by atoms with Gasteiger partial charge in [-0.15, -0.1) is 0 Å². The fourth-order valence-corrected chi connectivity index (χ4v) is 4.71. The van der Waals surface area contributed by atoms with Gasteiger partial charge in [0.1, 0.15) is 5.69 Å². The highest BCUT2D eigenvalue weighted by Crippen LogP contribution is 2.30. The fourth-order valence-electron chi connectivity index (χ4n) is 3.01. The zero-order valence-corrected chi connectivity index (χ0v) is 13.2. The molecule has 3 heterocycles. The van der Waals surface area contributed by atoms with Crippen molar-refractivity contribution >= 4 is 20.6 Å². The van der Waals surface area contributed by atoms with E-state index in [1.54, 1.807) is 6.20 Å². The molecule has 1 aliphatic heterocycles. The summed E-state index contributed by atoms with van der Waals surface area (Å²) >= 11 is 0. The highest BCUT2D eigenvalue weighted by Gasteiger charge is 2.30. The van der Waals surface area contributed by atoms with E-state index in [-0.39, 0.29) is 17.4 Å². The van der Waals surface area contributed by atoms with Crippen LogP contribution in [0.1, 0.15) is 24.7 Å². The molecule has 1 saturated heterocycles. The maximum Gasteiger partial charge on any atom is 0.231 e. The summed E-state index contributed by atoms with van der Waals surface area (Å²) in [5, 5.41) is 6.00. The molecule has 1 unspecified atom stereocenters. The van der Waals surface area contributed by atoms with Crippen LogP contribution >= 0.6 is 0 Å². The third-order valence-electron chi connectivity index (χ3n) is 4.14. The molecule has 2 aromatic heterocycles. The average Bonchev–Trinajstić information content (AvgIpc) is 3.03. The van der Waals surface area contributed by atoms with Crippen LogP contribution in [-0.2, 0) is 9.84 Å². The van der Waals surface area contributed by atoms with E-state index in [1.807, 2.05) is 30.3 Å². The van der Waals surface area contributed by atoms with E-state index in [9.17, 15) is 8.42 Å². The summed E-state index contributed by atoms with van der Waals surface area (Å²) in [5.74, 6) is 0.898. The maximum absolute atomic E-state index is 11.8. The second-order valence-corrected chi connectivity index (χ2v) is 8.02. The van der Waals surface area contributed by atoms with Gasteiger partial charge in [0, 0.05) is 11.6 Å². The van der Waals surface area contributed by atoms with Crippen molar-refractivity contribution in [1.82, 2.24) is 15.1 Å². The van der Waals surface area contributed by atoms with E-state index >= 15 is 0 Å². The number of aromatic nitrogens is 3. The highest BCUT2D eigenvalue weighted by molar-refractivity contribution is 7.91. The van der Waals surface area contributed by atoms with Crippen molar-refractivity contribution in [3.05, 3.63) is 42.4 Å². The van der Waals surface area contributed by atoms with Gasteiger partial charge in [-0.05, 0) is 24.3 Å². The molecule has 0 spiro atoms. The van der Waals surface area contributed by atoms with Crippen molar-refractivity contribution in [3.63, 3.8) is 0 Å². The van der Waals surface area contributed by atoms with Crippen molar-refractivity contribution in [1.29, 1.82) is 0 Å². The molecule has 0 bridgehead atoms. The first kappa shape index (κ1) is 14.3. The monoisotopic (exact) mass is 329 g/mol. The van der Waals surface area contributed by atoms with Crippen LogP contribution in [0.3, 0.4) is 0 Å². The Morgan fingerprint density at radius 2 is 2.04 bits per heavy atom. The van der Waals surface area contributed by atoms with Gasteiger partial charge in [-0.3, -0.25) is 4.98 Å². The number of sulfone groups is 1. The highest BCUT2D eigenvalue weighted by atomic mass is 32.2. The van der Waals surface area contributed by atoms with Crippen molar-refractivity contribution < 1.29 is 12.9 Å². The second-order valence-electron chi connectivity index (χ2n) is 5.79. The molecule has 7 heteroatoms. The van der Waals surface area contributed by atoms with Gasteiger partial charge in [0.25, 0.3) is 0 Å². The number of benzene rings is 1. The first-order valence-corrected chi connectivity index (χ1v) is 9.33. The smallest absolute Gasteiger partial charge is 0.231 e. The average molecular weight is 329 g/mol. The summed E-state index contributed by atoms with van der Waals surface area (Å²) < 4.78 is 28.9. The summed E-state index contributed by atoms with van der Waals surface area (Å²) in [7, 11) is -3.01. The van der Waals surface area contributed by atoms with Crippen LogP contribution in [0.4, 0.5) is 0 Å². The fraction of sp³-hybridized carbons (Fsp3) is 0.312. The molecule has 1 atom stereocenters. The summed E-state index contributed by atoms with van der Waals surface area (Å²) in [6, 6.07) is 9.77. The van der Waals surface area contributed by atoms with Gasteiger partial charge >= 0.3 is 0 Å². The van der Waals surface area contributed by atoms with Crippen LogP contribution in [0.2, 0.25) is 0 Å². The van der Waals surface area contributed by atoms with Crippen LogP contribution in [-0.4, -0.2) is 35.0 Å². The second kappa shape index (κ2) is 5.42. The van der Waals surface area contributed by atoms with Crippen molar-refractivity contribution in [3.8, 4) is 11.5 Å². The van der Waals surface area contributed by atoms with E-state index < -0.39 is 9.84 Å². The topological polar surface area (TPSA) is 86.0 Å². The van der Waals surface area contributed by atoms with Gasteiger partial charge in [0.15, 0.2) is 9.84 Å². The van der Waals surface area contributed by atoms with Crippen molar-refractivity contribution in [2.24, 2.45) is 0 Å². The Bertz CT molecular complexity index is 960. The minimum atomic E-state index is -3.01. The predicted molar refractivity (Wildman–Crippen MR) is 85.7 cm³/mol.